The Balaban J connectivity index is 2.18. The second-order valence-corrected chi connectivity index (χ2v) is 7.43. The first-order chi connectivity index (χ1) is 11.7. The molecule has 0 aromatic rings. The molecule has 2 rings (SSSR count). The molecule has 3 atom stereocenters. The summed E-state index contributed by atoms with van der Waals surface area (Å²) < 4.78 is 10.2. The summed E-state index contributed by atoms with van der Waals surface area (Å²) in [6.45, 7) is 9.61. The highest BCUT2D eigenvalue weighted by Gasteiger charge is 2.46. The molecule has 0 aromatic carbocycles. The van der Waals surface area contributed by atoms with E-state index in [9.17, 15) is 14.4 Å². The summed E-state index contributed by atoms with van der Waals surface area (Å²) in [5.41, 5.74) is -0.660. The third-order valence-corrected chi connectivity index (χ3v) is 4.46. The number of methoxy groups -OCH3 is 1. The third-order valence-electron chi connectivity index (χ3n) is 4.46. The van der Waals surface area contributed by atoms with E-state index in [1.807, 2.05) is 0 Å². The number of hydrogen-bond donors (Lipinski definition) is 0. The molecule has 0 bridgehead atoms. The van der Waals surface area contributed by atoms with Crippen molar-refractivity contribution in [2.75, 3.05) is 20.2 Å². The number of amides is 2. The Morgan fingerprint density at radius 3 is 2.40 bits per heavy atom. The maximum atomic E-state index is 13.0. The molecule has 2 saturated heterocycles. The molecule has 25 heavy (non-hydrogen) atoms. The quantitative estimate of drug-likeness (QED) is 0.562. The van der Waals surface area contributed by atoms with E-state index in [4.69, 9.17) is 9.47 Å². The van der Waals surface area contributed by atoms with Gasteiger partial charge in [-0.05, 0) is 40.3 Å². The molecule has 2 heterocycles. The van der Waals surface area contributed by atoms with Gasteiger partial charge in [-0.3, -0.25) is 14.7 Å². The first kappa shape index (κ1) is 19.2. The third kappa shape index (κ3) is 4.29. The zero-order valence-electron chi connectivity index (χ0n) is 15.4. The SMILES string of the molecule is C=NC1C[C@@H](C(=O)N2CCC[C@H]2C(=O)OC)N(C(=O)OC(C)(C)C)C1. The Kier molecular flexibility index (Phi) is 5.69. The number of aliphatic imine (C=N–C) groups is 1. The van der Waals surface area contributed by atoms with Crippen molar-refractivity contribution in [2.24, 2.45) is 4.99 Å². The average molecular weight is 353 g/mol. The summed E-state index contributed by atoms with van der Waals surface area (Å²) in [5.74, 6) is -0.684. The lowest BCUT2D eigenvalue weighted by Gasteiger charge is -2.31. The number of carbonyl (C=O) groups is 3. The summed E-state index contributed by atoms with van der Waals surface area (Å²) in [5, 5.41) is 0. The van der Waals surface area contributed by atoms with Gasteiger partial charge in [-0.2, -0.15) is 0 Å². The average Bonchev–Trinajstić information content (AvgIpc) is 3.18. The summed E-state index contributed by atoms with van der Waals surface area (Å²) in [6.07, 6.45) is 1.13. The molecule has 2 fully saturated rings. The van der Waals surface area contributed by atoms with E-state index >= 15 is 0 Å². The van der Waals surface area contributed by atoms with Crippen LogP contribution in [0.4, 0.5) is 4.79 Å². The van der Waals surface area contributed by atoms with E-state index < -0.39 is 29.7 Å². The minimum absolute atomic E-state index is 0.222. The van der Waals surface area contributed by atoms with Gasteiger partial charge >= 0.3 is 12.1 Å². The van der Waals surface area contributed by atoms with E-state index in [2.05, 4.69) is 11.7 Å². The maximum Gasteiger partial charge on any atom is 0.411 e. The van der Waals surface area contributed by atoms with Crippen molar-refractivity contribution in [3.63, 3.8) is 0 Å². The van der Waals surface area contributed by atoms with Crippen LogP contribution < -0.4 is 0 Å². The standard InChI is InChI=1S/C17H27N3O5/c1-17(2,3)25-16(23)20-10-11(18-4)9-13(20)14(21)19-8-6-7-12(19)15(22)24-5/h11-13H,4,6-10H2,1-3,5H3/t11?,12-,13-/m0/s1. The highest BCUT2D eigenvalue weighted by molar-refractivity contribution is 5.90. The van der Waals surface area contributed by atoms with Gasteiger partial charge in [0.1, 0.15) is 17.7 Å². The van der Waals surface area contributed by atoms with Crippen LogP contribution in [0.3, 0.4) is 0 Å². The second-order valence-electron chi connectivity index (χ2n) is 7.43. The van der Waals surface area contributed by atoms with Crippen molar-refractivity contribution in [3.8, 4) is 0 Å². The van der Waals surface area contributed by atoms with Crippen LogP contribution in [0.15, 0.2) is 4.99 Å². The molecule has 2 aliphatic heterocycles. The Morgan fingerprint density at radius 2 is 1.84 bits per heavy atom. The van der Waals surface area contributed by atoms with Crippen LogP contribution in [0.1, 0.15) is 40.0 Å². The molecule has 2 amide bonds. The lowest BCUT2D eigenvalue weighted by Crippen LogP contribution is -2.51. The summed E-state index contributed by atoms with van der Waals surface area (Å²) in [6, 6.07) is -1.51. The van der Waals surface area contributed by atoms with Crippen LogP contribution in [0.5, 0.6) is 0 Å². The number of esters is 1. The van der Waals surface area contributed by atoms with Gasteiger partial charge in [0.15, 0.2) is 0 Å². The number of carbonyl (C=O) groups excluding carboxylic acids is 3. The molecule has 140 valence electrons. The summed E-state index contributed by atoms with van der Waals surface area (Å²) >= 11 is 0. The van der Waals surface area contributed by atoms with Crippen LogP contribution in [0.25, 0.3) is 0 Å². The van der Waals surface area contributed by atoms with Gasteiger partial charge < -0.3 is 14.4 Å². The molecule has 0 radical (unpaired) electrons. The van der Waals surface area contributed by atoms with Gasteiger partial charge in [0, 0.05) is 19.5 Å². The van der Waals surface area contributed by atoms with E-state index in [1.165, 1.54) is 16.9 Å². The monoisotopic (exact) mass is 353 g/mol. The molecule has 0 N–H and O–H groups in total. The van der Waals surface area contributed by atoms with Crippen LogP contribution in [-0.4, -0.2) is 78.4 Å². The highest BCUT2D eigenvalue weighted by atomic mass is 16.6. The first-order valence-corrected chi connectivity index (χ1v) is 8.51. The number of nitrogens with zero attached hydrogens (tertiary/aromatic N) is 3. The number of rotatable bonds is 3. The normalized spacial score (nSPS) is 26.5. The molecule has 0 aliphatic carbocycles. The maximum absolute atomic E-state index is 13.0. The van der Waals surface area contributed by atoms with Gasteiger partial charge in [0.25, 0.3) is 0 Å². The molecule has 2 aliphatic rings. The van der Waals surface area contributed by atoms with E-state index in [0.717, 1.165) is 6.42 Å². The Bertz CT molecular complexity index is 557. The fourth-order valence-electron chi connectivity index (χ4n) is 3.31. The minimum atomic E-state index is -0.699. The van der Waals surface area contributed by atoms with Crippen molar-refractivity contribution >= 4 is 24.7 Å². The largest absolute Gasteiger partial charge is 0.467 e. The van der Waals surface area contributed by atoms with Crippen LogP contribution in [0.2, 0.25) is 0 Å². The van der Waals surface area contributed by atoms with Crippen molar-refractivity contribution in [3.05, 3.63) is 0 Å². The van der Waals surface area contributed by atoms with Crippen LogP contribution in [-0.2, 0) is 19.1 Å². The molecule has 8 heteroatoms. The van der Waals surface area contributed by atoms with Crippen molar-refractivity contribution in [1.29, 1.82) is 0 Å². The van der Waals surface area contributed by atoms with Crippen LogP contribution >= 0.6 is 0 Å². The van der Waals surface area contributed by atoms with Crippen molar-refractivity contribution in [1.82, 2.24) is 9.80 Å². The van der Waals surface area contributed by atoms with E-state index in [0.29, 0.717) is 19.4 Å². The van der Waals surface area contributed by atoms with E-state index in [-0.39, 0.29) is 18.5 Å². The Morgan fingerprint density at radius 1 is 1.16 bits per heavy atom. The lowest BCUT2D eigenvalue weighted by atomic mass is 10.1. The predicted octanol–water partition coefficient (Wildman–Crippen LogP) is 1.23. The Hall–Kier alpha value is -2.12. The first-order valence-electron chi connectivity index (χ1n) is 8.51. The van der Waals surface area contributed by atoms with Gasteiger partial charge in [-0.1, -0.05) is 0 Å². The molecule has 8 nitrogen and oxygen atoms in total. The van der Waals surface area contributed by atoms with Gasteiger partial charge in [-0.25, -0.2) is 9.59 Å². The smallest absolute Gasteiger partial charge is 0.411 e. The number of ether oxygens (including phenoxy) is 2. The zero-order chi connectivity index (χ0) is 18.8. The molecule has 0 saturated carbocycles. The zero-order valence-corrected chi connectivity index (χ0v) is 15.4. The van der Waals surface area contributed by atoms with Crippen molar-refractivity contribution in [2.45, 2.75) is 63.8 Å². The fraction of sp³-hybridized carbons (Fsp3) is 0.765. The topological polar surface area (TPSA) is 88.5 Å². The summed E-state index contributed by atoms with van der Waals surface area (Å²) in [4.78, 5) is 44.3. The predicted molar refractivity (Wildman–Crippen MR) is 91.4 cm³/mol. The van der Waals surface area contributed by atoms with Gasteiger partial charge in [0.05, 0.1) is 13.2 Å². The Labute approximate surface area is 148 Å². The molecular formula is C17H27N3O5. The molecule has 1 unspecified atom stereocenters. The number of likely N-dealkylation sites (tertiary alicyclic amines) is 2. The minimum Gasteiger partial charge on any atom is -0.467 e. The van der Waals surface area contributed by atoms with E-state index in [1.54, 1.807) is 20.8 Å². The number of hydrogen-bond acceptors (Lipinski definition) is 6. The molecular weight excluding hydrogens is 326 g/mol. The van der Waals surface area contributed by atoms with Gasteiger partial charge in [0.2, 0.25) is 5.91 Å². The van der Waals surface area contributed by atoms with Crippen molar-refractivity contribution < 1.29 is 23.9 Å². The summed E-state index contributed by atoms with van der Waals surface area (Å²) in [7, 11) is 1.31. The fourth-order valence-corrected chi connectivity index (χ4v) is 3.31. The lowest BCUT2D eigenvalue weighted by molar-refractivity contribution is -0.152. The van der Waals surface area contributed by atoms with Gasteiger partial charge in [-0.15, -0.1) is 0 Å². The second kappa shape index (κ2) is 7.41. The van der Waals surface area contributed by atoms with Crippen LogP contribution in [0, 0.1) is 0 Å². The highest BCUT2D eigenvalue weighted by Crippen LogP contribution is 2.28. The molecule has 0 aromatic heterocycles. The molecule has 0 spiro atoms.